The fourth-order valence-corrected chi connectivity index (χ4v) is 4.23. The van der Waals surface area contributed by atoms with Crippen molar-refractivity contribution in [3.8, 4) is 22.6 Å². The van der Waals surface area contributed by atoms with Crippen LogP contribution in [0, 0.1) is 0 Å². The molecule has 4 rings (SSSR count). The molecule has 0 amide bonds. The summed E-state index contributed by atoms with van der Waals surface area (Å²) < 4.78 is 11.1. The lowest BCUT2D eigenvalue weighted by molar-refractivity contribution is -0.139. The third-order valence-electron chi connectivity index (χ3n) is 5.99. The number of pyridine rings is 1. The molecule has 7 heteroatoms. The Kier molecular flexibility index (Phi) is 7.14. The van der Waals surface area contributed by atoms with Crippen LogP contribution >= 0.6 is 0 Å². The number of methoxy groups -OCH3 is 2. The first-order valence-corrected chi connectivity index (χ1v) is 11.3. The van der Waals surface area contributed by atoms with Gasteiger partial charge in [0.15, 0.2) is 11.5 Å². The fourth-order valence-electron chi connectivity index (χ4n) is 4.23. The molecule has 1 aliphatic rings. The SMILES string of the molecule is COc1cc2nc(C3CC3)c(C=CC(O)CC(O)CC(=O)O)c(-c3ccccc3)c2cc1OC. The minimum absolute atomic E-state index is 0.0612. The topological polar surface area (TPSA) is 109 Å². The van der Waals surface area contributed by atoms with Gasteiger partial charge >= 0.3 is 5.97 Å². The Labute approximate surface area is 198 Å². The van der Waals surface area contributed by atoms with E-state index in [0.29, 0.717) is 17.4 Å². The van der Waals surface area contributed by atoms with E-state index in [4.69, 9.17) is 19.6 Å². The Morgan fingerprint density at radius 3 is 2.41 bits per heavy atom. The van der Waals surface area contributed by atoms with Crippen LogP contribution in [0.4, 0.5) is 0 Å². The smallest absolute Gasteiger partial charge is 0.305 e. The maximum atomic E-state index is 10.8. The van der Waals surface area contributed by atoms with Gasteiger partial charge in [-0.05, 0) is 24.5 Å². The van der Waals surface area contributed by atoms with Crippen molar-refractivity contribution < 1.29 is 29.6 Å². The molecule has 0 aliphatic heterocycles. The van der Waals surface area contributed by atoms with Gasteiger partial charge in [-0.25, -0.2) is 0 Å². The number of aliphatic hydroxyl groups excluding tert-OH is 2. The largest absolute Gasteiger partial charge is 0.493 e. The Balaban J connectivity index is 1.87. The predicted molar refractivity (Wildman–Crippen MR) is 130 cm³/mol. The van der Waals surface area contributed by atoms with Crippen molar-refractivity contribution >= 4 is 22.9 Å². The first kappa shape index (κ1) is 23.7. The van der Waals surface area contributed by atoms with Crippen molar-refractivity contribution in [2.75, 3.05) is 14.2 Å². The Hall–Kier alpha value is -3.42. The molecular weight excluding hydrogens is 434 g/mol. The van der Waals surface area contributed by atoms with E-state index in [1.807, 2.05) is 48.5 Å². The van der Waals surface area contributed by atoms with Crippen LogP contribution < -0.4 is 9.47 Å². The summed E-state index contributed by atoms with van der Waals surface area (Å²) in [7, 11) is 3.19. The van der Waals surface area contributed by atoms with Crippen LogP contribution in [0.25, 0.3) is 28.1 Å². The predicted octanol–water partition coefficient (Wildman–Crippen LogP) is 4.40. The molecule has 1 aromatic heterocycles. The third-order valence-corrected chi connectivity index (χ3v) is 5.99. The Bertz CT molecular complexity index is 1200. The summed E-state index contributed by atoms with van der Waals surface area (Å²) in [5.41, 5.74) is 4.63. The molecule has 1 heterocycles. The van der Waals surface area contributed by atoms with Crippen molar-refractivity contribution in [2.24, 2.45) is 0 Å². The minimum atomic E-state index is -1.12. The van der Waals surface area contributed by atoms with Crippen LogP contribution in [0.15, 0.2) is 48.5 Å². The quantitative estimate of drug-likeness (QED) is 0.409. The molecule has 34 heavy (non-hydrogen) atoms. The summed E-state index contributed by atoms with van der Waals surface area (Å²) >= 11 is 0. The van der Waals surface area contributed by atoms with Crippen LogP contribution in [-0.4, -0.2) is 52.7 Å². The van der Waals surface area contributed by atoms with Crippen LogP contribution in [-0.2, 0) is 4.79 Å². The highest BCUT2D eigenvalue weighted by molar-refractivity contribution is 6.01. The number of hydrogen-bond donors (Lipinski definition) is 3. The summed E-state index contributed by atoms with van der Waals surface area (Å²) in [4.78, 5) is 15.8. The minimum Gasteiger partial charge on any atom is -0.493 e. The Morgan fingerprint density at radius 2 is 1.79 bits per heavy atom. The van der Waals surface area contributed by atoms with E-state index < -0.39 is 24.6 Å². The molecule has 178 valence electrons. The van der Waals surface area contributed by atoms with Gasteiger partial charge in [0.1, 0.15) is 0 Å². The van der Waals surface area contributed by atoms with Gasteiger partial charge in [0.2, 0.25) is 0 Å². The lowest BCUT2D eigenvalue weighted by Crippen LogP contribution is -2.19. The highest BCUT2D eigenvalue weighted by atomic mass is 16.5. The molecule has 2 atom stereocenters. The number of hydrogen-bond acceptors (Lipinski definition) is 6. The maximum absolute atomic E-state index is 10.8. The first-order chi connectivity index (χ1) is 16.4. The van der Waals surface area contributed by atoms with Gasteiger partial charge in [-0.15, -0.1) is 0 Å². The summed E-state index contributed by atoms with van der Waals surface area (Å²) in [6, 6.07) is 13.8. The number of aliphatic hydroxyl groups is 2. The van der Waals surface area contributed by atoms with E-state index in [0.717, 1.165) is 46.1 Å². The van der Waals surface area contributed by atoms with Gasteiger partial charge in [0, 0.05) is 34.9 Å². The van der Waals surface area contributed by atoms with E-state index in [1.165, 1.54) is 0 Å². The van der Waals surface area contributed by atoms with E-state index in [1.54, 1.807) is 20.3 Å². The number of aliphatic carboxylic acids is 1. The molecule has 1 fully saturated rings. The number of carboxylic acids is 1. The molecule has 2 unspecified atom stereocenters. The van der Waals surface area contributed by atoms with Gasteiger partial charge in [-0.1, -0.05) is 42.5 Å². The van der Waals surface area contributed by atoms with Gasteiger partial charge in [-0.2, -0.15) is 0 Å². The fraction of sp³-hybridized carbons (Fsp3) is 0.333. The molecule has 0 spiro atoms. The van der Waals surface area contributed by atoms with Gasteiger partial charge in [-0.3, -0.25) is 9.78 Å². The van der Waals surface area contributed by atoms with Gasteiger partial charge in [0.25, 0.3) is 0 Å². The average molecular weight is 464 g/mol. The van der Waals surface area contributed by atoms with Crippen molar-refractivity contribution in [1.82, 2.24) is 4.98 Å². The summed E-state index contributed by atoms with van der Waals surface area (Å²) in [6.07, 6.45) is 2.94. The van der Waals surface area contributed by atoms with E-state index in [2.05, 4.69) is 0 Å². The van der Waals surface area contributed by atoms with Crippen LogP contribution in [0.5, 0.6) is 11.5 Å². The first-order valence-electron chi connectivity index (χ1n) is 11.3. The summed E-state index contributed by atoms with van der Waals surface area (Å²) in [5.74, 6) is 0.429. The van der Waals surface area contributed by atoms with Gasteiger partial charge in [0.05, 0.1) is 44.1 Å². The highest BCUT2D eigenvalue weighted by Gasteiger charge is 2.30. The number of rotatable bonds is 10. The lowest BCUT2D eigenvalue weighted by atomic mass is 9.92. The van der Waals surface area contributed by atoms with Crippen LogP contribution in [0.1, 0.15) is 42.9 Å². The van der Waals surface area contributed by atoms with Crippen LogP contribution in [0.3, 0.4) is 0 Å². The second-order valence-electron chi connectivity index (χ2n) is 8.56. The summed E-state index contributed by atoms with van der Waals surface area (Å²) in [5, 5.41) is 30.1. The number of nitrogens with zero attached hydrogens (tertiary/aromatic N) is 1. The maximum Gasteiger partial charge on any atom is 0.305 e. The van der Waals surface area contributed by atoms with Crippen molar-refractivity contribution in [2.45, 2.75) is 43.8 Å². The van der Waals surface area contributed by atoms with Gasteiger partial charge < -0.3 is 24.8 Å². The van der Waals surface area contributed by atoms with E-state index in [-0.39, 0.29) is 6.42 Å². The number of ether oxygens (including phenoxy) is 2. The van der Waals surface area contributed by atoms with E-state index >= 15 is 0 Å². The molecule has 3 aromatic rings. The van der Waals surface area contributed by atoms with Crippen molar-refractivity contribution in [3.05, 3.63) is 59.8 Å². The second-order valence-corrected chi connectivity index (χ2v) is 8.56. The molecule has 7 nitrogen and oxygen atoms in total. The third kappa shape index (κ3) is 5.21. The van der Waals surface area contributed by atoms with Crippen LogP contribution in [0.2, 0.25) is 0 Å². The number of carboxylic acid groups (broad SMARTS) is 1. The average Bonchev–Trinajstić information content (AvgIpc) is 3.66. The summed E-state index contributed by atoms with van der Waals surface area (Å²) in [6.45, 7) is 0. The molecule has 0 radical (unpaired) electrons. The highest BCUT2D eigenvalue weighted by Crippen LogP contribution is 2.46. The molecule has 3 N–H and O–H groups in total. The molecule has 2 aromatic carbocycles. The zero-order valence-electron chi connectivity index (χ0n) is 19.3. The molecule has 1 saturated carbocycles. The lowest BCUT2D eigenvalue weighted by Gasteiger charge is -2.18. The zero-order chi connectivity index (χ0) is 24.2. The monoisotopic (exact) mass is 463 g/mol. The molecular formula is C27H29NO6. The molecule has 0 bridgehead atoms. The second kappa shape index (κ2) is 10.2. The van der Waals surface area contributed by atoms with E-state index in [9.17, 15) is 15.0 Å². The molecule has 1 aliphatic carbocycles. The molecule has 0 saturated heterocycles. The number of carbonyl (C=O) groups is 1. The number of aromatic nitrogens is 1. The Morgan fingerprint density at radius 1 is 1.12 bits per heavy atom. The number of benzene rings is 2. The number of fused-ring (bicyclic) bond motifs is 1. The van der Waals surface area contributed by atoms with Crippen molar-refractivity contribution in [3.63, 3.8) is 0 Å². The standard InChI is InChI=1S/C27H29NO6/c1-33-23-14-21-22(15-24(23)34-2)28-27(17-8-9-17)20(26(21)16-6-4-3-5-7-16)11-10-18(29)12-19(30)13-25(31)32/h3-7,10-11,14-15,17-19,29-30H,8-9,12-13H2,1-2H3,(H,31,32). The normalized spacial score (nSPS) is 15.4. The zero-order valence-corrected chi connectivity index (χ0v) is 19.3. The van der Waals surface area contributed by atoms with Crippen molar-refractivity contribution in [1.29, 1.82) is 0 Å².